The number of carbonyl (C=O) groups excluding carboxylic acids is 1. The van der Waals surface area contributed by atoms with Crippen LogP contribution in [0.5, 0.6) is 0 Å². The lowest BCUT2D eigenvalue weighted by atomic mass is 9.99. The first-order chi connectivity index (χ1) is 12.0. The average molecular weight is 372 g/mol. The molecule has 25 heavy (non-hydrogen) atoms. The highest BCUT2D eigenvalue weighted by Gasteiger charge is 2.17. The van der Waals surface area contributed by atoms with Gasteiger partial charge in [-0.3, -0.25) is 4.79 Å². The van der Waals surface area contributed by atoms with Gasteiger partial charge in [0.15, 0.2) is 0 Å². The van der Waals surface area contributed by atoms with E-state index in [4.69, 9.17) is 23.2 Å². The molecule has 0 unspecified atom stereocenters. The number of halogens is 2. The van der Waals surface area contributed by atoms with Gasteiger partial charge in [0.25, 0.3) is 5.91 Å². The summed E-state index contributed by atoms with van der Waals surface area (Å²) >= 11 is 12.0. The zero-order chi connectivity index (χ0) is 17.8. The van der Waals surface area contributed by atoms with Crippen molar-refractivity contribution in [3.63, 3.8) is 0 Å². The van der Waals surface area contributed by atoms with E-state index < -0.39 is 6.10 Å². The number of hydrogen-bond donors (Lipinski definition) is 2. The molecule has 126 valence electrons. The summed E-state index contributed by atoms with van der Waals surface area (Å²) < 4.78 is 0. The lowest BCUT2D eigenvalue weighted by Crippen LogP contribution is -2.14. The van der Waals surface area contributed by atoms with Crippen LogP contribution >= 0.6 is 23.2 Å². The van der Waals surface area contributed by atoms with E-state index in [9.17, 15) is 9.90 Å². The van der Waals surface area contributed by atoms with Crippen LogP contribution in [0.4, 0.5) is 5.69 Å². The fourth-order valence-electron chi connectivity index (χ4n) is 2.51. The SMILES string of the molecule is O=C(Nc1ccc(Cl)cc1[C@H](O)c1ccccc1)c1cccc(Cl)c1. The van der Waals surface area contributed by atoms with Gasteiger partial charge in [0.05, 0.1) is 0 Å². The highest BCUT2D eigenvalue weighted by atomic mass is 35.5. The second-order valence-electron chi connectivity index (χ2n) is 5.51. The molecule has 0 saturated heterocycles. The number of hydrogen-bond acceptors (Lipinski definition) is 2. The van der Waals surface area contributed by atoms with Gasteiger partial charge in [-0.1, -0.05) is 59.6 Å². The highest BCUT2D eigenvalue weighted by Crippen LogP contribution is 2.31. The monoisotopic (exact) mass is 371 g/mol. The Morgan fingerprint density at radius 1 is 0.880 bits per heavy atom. The predicted octanol–water partition coefficient (Wildman–Crippen LogP) is 5.33. The van der Waals surface area contributed by atoms with Gasteiger partial charge in [0.1, 0.15) is 6.10 Å². The van der Waals surface area contributed by atoms with Crippen molar-refractivity contribution in [2.24, 2.45) is 0 Å². The normalized spacial score (nSPS) is 11.8. The number of aliphatic hydroxyl groups excluding tert-OH is 1. The molecule has 0 bridgehead atoms. The summed E-state index contributed by atoms with van der Waals surface area (Å²) in [6.07, 6.45) is -0.908. The number of anilines is 1. The Labute approximate surface area is 155 Å². The summed E-state index contributed by atoms with van der Waals surface area (Å²) in [5.41, 5.74) is 2.16. The van der Waals surface area contributed by atoms with Crippen molar-refractivity contribution >= 4 is 34.8 Å². The standard InChI is InChI=1S/C20H15Cl2NO2/c21-15-8-4-7-14(11-15)20(25)23-18-10-9-16(22)12-17(18)19(24)13-5-2-1-3-6-13/h1-12,19,24H,(H,23,25)/t19-/m1/s1. The smallest absolute Gasteiger partial charge is 0.255 e. The Morgan fingerprint density at radius 3 is 2.32 bits per heavy atom. The molecule has 1 amide bonds. The van der Waals surface area contributed by atoms with E-state index in [1.54, 1.807) is 42.5 Å². The van der Waals surface area contributed by atoms with E-state index >= 15 is 0 Å². The van der Waals surface area contributed by atoms with Gasteiger partial charge in [-0.2, -0.15) is 0 Å². The van der Waals surface area contributed by atoms with Crippen molar-refractivity contribution in [1.82, 2.24) is 0 Å². The number of amides is 1. The molecule has 3 aromatic carbocycles. The summed E-state index contributed by atoms with van der Waals surface area (Å²) in [7, 11) is 0. The van der Waals surface area contributed by atoms with Crippen LogP contribution in [-0.2, 0) is 0 Å². The zero-order valence-electron chi connectivity index (χ0n) is 13.1. The molecule has 0 aliphatic heterocycles. The third-order valence-corrected chi connectivity index (χ3v) is 4.23. The summed E-state index contributed by atoms with van der Waals surface area (Å²) in [5.74, 6) is -0.314. The first-order valence-electron chi connectivity index (χ1n) is 7.64. The van der Waals surface area contributed by atoms with Gasteiger partial charge in [0, 0.05) is 26.9 Å². The van der Waals surface area contributed by atoms with Crippen LogP contribution in [0.3, 0.4) is 0 Å². The van der Waals surface area contributed by atoms with Crippen LogP contribution < -0.4 is 5.32 Å². The summed E-state index contributed by atoms with van der Waals surface area (Å²) in [6.45, 7) is 0. The molecule has 5 heteroatoms. The van der Waals surface area contributed by atoms with Crippen LogP contribution in [0.25, 0.3) is 0 Å². The number of nitrogens with one attached hydrogen (secondary N) is 1. The maximum Gasteiger partial charge on any atom is 0.255 e. The maximum absolute atomic E-state index is 12.5. The maximum atomic E-state index is 12.5. The fraction of sp³-hybridized carbons (Fsp3) is 0.0500. The minimum atomic E-state index is -0.908. The molecular formula is C20H15Cl2NO2. The van der Waals surface area contributed by atoms with E-state index in [0.717, 1.165) is 0 Å². The quantitative estimate of drug-likeness (QED) is 0.651. The van der Waals surface area contributed by atoms with Crippen molar-refractivity contribution < 1.29 is 9.90 Å². The van der Waals surface area contributed by atoms with E-state index in [-0.39, 0.29) is 5.91 Å². The number of benzene rings is 3. The van der Waals surface area contributed by atoms with Crippen molar-refractivity contribution in [2.45, 2.75) is 6.10 Å². The largest absolute Gasteiger partial charge is 0.384 e. The molecule has 3 nitrogen and oxygen atoms in total. The van der Waals surface area contributed by atoms with Crippen molar-refractivity contribution in [1.29, 1.82) is 0 Å². The zero-order valence-corrected chi connectivity index (χ0v) is 14.6. The van der Waals surface area contributed by atoms with Gasteiger partial charge in [-0.15, -0.1) is 0 Å². The Kier molecular flexibility index (Phi) is 5.39. The van der Waals surface area contributed by atoms with E-state index in [1.807, 2.05) is 30.3 Å². The van der Waals surface area contributed by atoms with E-state index in [2.05, 4.69) is 5.32 Å². The van der Waals surface area contributed by atoms with E-state index in [1.165, 1.54) is 0 Å². The molecular weight excluding hydrogens is 357 g/mol. The lowest BCUT2D eigenvalue weighted by molar-refractivity contribution is 0.102. The molecule has 2 N–H and O–H groups in total. The minimum Gasteiger partial charge on any atom is -0.384 e. The van der Waals surface area contributed by atoms with Gasteiger partial charge < -0.3 is 10.4 Å². The highest BCUT2D eigenvalue weighted by molar-refractivity contribution is 6.31. The van der Waals surface area contributed by atoms with Gasteiger partial charge >= 0.3 is 0 Å². The molecule has 1 atom stereocenters. The molecule has 0 spiro atoms. The van der Waals surface area contributed by atoms with Gasteiger partial charge in [0.2, 0.25) is 0 Å². The topological polar surface area (TPSA) is 49.3 Å². The Morgan fingerprint density at radius 2 is 1.60 bits per heavy atom. The molecule has 0 saturated carbocycles. The van der Waals surface area contributed by atoms with Crippen molar-refractivity contribution in [3.05, 3.63) is 99.5 Å². The Hall–Kier alpha value is -2.33. The van der Waals surface area contributed by atoms with Crippen LogP contribution in [0.2, 0.25) is 10.0 Å². The van der Waals surface area contributed by atoms with Crippen molar-refractivity contribution in [3.8, 4) is 0 Å². The molecule has 0 aromatic heterocycles. The minimum absolute atomic E-state index is 0.314. The third-order valence-electron chi connectivity index (χ3n) is 3.76. The fourth-order valence-corrected chi connectivity index (χ4v) is 2.88. The van der Waals surface area contributed by atoms with Crippen LogP contribution in [0.1, 0.15) is 27.6 Å². The second-order valence-corrected chi connectivity index (χ2v) is 6.38. The summed E-state index contributed by atoms with van der Waals surface area (Å²) in [4.78, 5) is 12.5. The number of aliphatic hydroxyl groups is 1. The molecule has 0 heterocycles. The van der Waals surface area contributed by atoms with Gasteiger partial charge in [-0.25, -0.2) is 0 Å². The van der Waals surface area contributed by atoms with Gasteiger partial charge in [-0.05, 0) is 42.0 Å². The molecule has 0 aliphatic rings. The first-order valence-corrected chi connectivity index (χ1v) is 8.39. The number of carbonyl (C=O) groups is 1. The van der Waals surface area contributed by atoms with Crippen molar-refractivity contribution in [2.75, 3.05) is 5.32 Å². The molecule has 0 aliphatic carbocycles. The van der Waals surface area contributed by atoms with E-state index in [0.29, 0.717) is 32.4 Å². The van der Waals surface area contributed by atoms with Crippen LogP contribution in [0.15, 0.2) is 72.8 Å². The molecule has 0 fully saturated rings. The summed E-state index contributed by atoms with van der Waals surface area (Å²) in [6, 6.07) is 20.8. The predicted molar refractivity (Wildman–Crippen MR) is 101 cm³/mol. The first kappa shape index (κ1) is 17.5. The third kappa shape index (κ3) is 4.20. The second kappa shape index (κ2) is 7.70. The molecule has 0 radical (unpaired) electrons. The lowest BCUT2D eigenvalue weighted by Gasteiger charge is -2.17. The Bertz CT molecular complexity index is 897. The average Bonchev–Trinajstić information content (AvgIpc) is 2.63. The Balaban J connectivity index is 1.93. The molecule has 3 rings (SSSR count). The number of rotatable bonds is 4. The van der Waals surface area contributed by atoms with Crippen LogP contribution in [-0.4, -0.2) is 11.0 Å². The van der Waals surface area contributed by atoms with Crippen LogP contribution in [0, 0.1) is 0 Å². The molecule has 3 aromatic rings. The summed E-state index contributed by atoms with van der Waals surface area (Å²) in [5, 5.41) is 14.5.